The third kappa shape index (κ3) is 2.53. The number of carbonyl (C=O) groups is 1. The number of rotatable bonds is 4. The van der Waals surface area contributed by atoms with Crippen molar-refractivity contribution >= 4 is 28.6 Å². The highest BCUT2D eigenvalue weighted by atomic mass is 32.2. The van der Waals surface area contributed by atoms with E-state index in [4.69, 9.17) is 5.11 Å². The molecule has 0 unspecified atom stereocenters. The van der Waals surface area contributed by atoms with E-state index in [1.54, 1.807) is 25.2 Å². The Bertz CT molecular complexity index is 651. The van der Waals surface area contributed by atoms with Crippen molar-refractivity contribution in [2.24, 2.45) is 7.05 Å². The highest BCUT2D eigenvalue weighted by Gasteiger charge is 2.08. The van der Waals surface area contributed by atoms with Gasteiger partial charge in [0.2, 0.25) is 0 Å². The van der Waals surface area contributed by atoms with Crippen LogP contribution < -0.4 is 5.56 Å². The first kappa shape index (κ1) is 12.6. The Morgan fingerprint density at radius 1 is 1.44 bits per heavy atom. The van der Waals surface area contributed by atoms with E-state index >= 15 is 0 Å². The lowest BCUT2D eigenvalue weighted by atomic mass is 10.2. The molecular formula is C12H12N2O3S. The van der Waals surface area contributed by atoms with Crippen LogP contribution in [0.15, 0.2) is 34.2 Å². The molecule has 2 rings (SSSR count). The van der Waals surface area contributed by atoms with Gasteiger partial charge in [0, 0.05) is 12.8 Å². The molecule has 5 nitrogen and oxygen atoms in total. The second kappa shape index (κ2) is 5.22. The first-order valence-electron chi connectivity index (χ1n) is 5.40. The summed E-state index contributed by atoms with van der Waals surface area (Å²) in [6.07, 6.45) is 0.0490. The van der Waals surface area contributed by atoms with Gasteiger partial charge >= 0.3 is 5.97 Å². The number of nitrogens with zero attached hydrogens (tertiary/aromatic N) is 2. The molecule has 0 atom stereocenters. The second-order valence-electron chi connectivity index (χ2n) is 3.77. The van der Waals surface area contributed by atoms with E-state index in [1.165, 1.54) is 16.3 Å². The minimum Gasteiger partial charge on any atom is -0.481 e. The molecule has 0 aliphatic carbocycles. The minimum atomic E-state index is -0.853. The molecular weight excluding hydrogens is 252 g/mol. The number of para-hydroxylation sites is 1. The van der Waals surface area contributed by atoms with Gasteiger partial charge in [-0.3, -0.25) is 14.2 Å². The van der Waals surface area contributed by atoms with Crippen LogP contribution in [0.25, 0.3) is 10.9 Å². The standard InChI is InChI=1S/C12H12N2O3S/c1-14-11(17)8-4-2-3-5-9(8)13-12(14)18-7-6-10(15)16/h2-5H,6-7H2,1H3,(H,15,16). The van der Waals surface area contributed by atoms with Gasteiger partial charge in [-0.05, 0) is 12.1 Å². The summed E-state index contributed by atoms with van der Waals surface area (Å²) < 4.78 is 1.45. The molecule has 18 heavy (non-hydrogen) atoms. The lowest BCUT2D eigenvalue weighted by molar-refractivity contribution is -0.136. The fourth-order valence-electron chi connectivity index (χ4n) is 1.56. The first-order valence-corrected chi connectivity index (χ1v) is 6.38. The fraction of sp³-hybridized carbons (Fsp3) is 0.250. The highest BCUT2D eigenvalue weighted by Crippen LogP contribution is 2.17. The first-order chi connectivity index (χ1) is 8.59. The van der Waals surface area contributed by atoms with Crippen molar-refractivity contribution in [3.63, 3.8) is 0 Å². The molecule has 0 aliphatic heterocycles. The van der Waals surface area contributed by atoms with E-state index in [0.717, 1.165) is 0 Å². The van der Waals surface area contributed by atoms with Gasteiger partial charge in [0.05, 0.1) is 17.3 Å². The maximum absolute atomic E-state index is 12.0. The number of carboxylic acids is 1. The van der Waals surface area contributed by atoms with Gasteiger partial charge in [0.1, 0.15) is 0 Å². The molecule has 0 bridgehead atoms. The molecule has 6 heteroatoms. The van der Waals surface area contributed by atoms with Crippen LogP contribution in [0, 0.1) is 0 Å². The van der Waals surface area contributed by atoms with Crippen LogP contribution in [0.5, 0.6) is 0 Å². The molecule has 0 fully saturated rings. The molecule has 1 aromatic carbocycles. The van der Waals surface area contributed by atoms with Gasteiger partial charge in [0.25, 0.3) is 5.56 Å². The van der Waals surface area contributed by atoms with Crippen molar-refractivity contribution < 1.29 is 9.90 Å². The number of hydrogen-bond donors (Lipinski definition) is 1. The maximum Gasteiger partial charge on any atom is 0.304 e. The lowest BCUT2D eigenvalue weighted by Crippen LogP contribution is -2.20. The van der Waals surface area contributed by atoms with E-state index in [2.05, 4.69) is 4.98 Å². The van der Waals surface area contributed by atoms with E-state index in [-0.39, 0.29) is 12.0 Å². The number of fused-ring (bicyclic) bond motifs is 1. The average molecular weight is 264 g/mol. The number of carboxylic acid groups (broad SMARTS) is 1. The van der Waals surface area contributed by atoms with Crippen LogP contribution in [0.1, 0.15) is 6.42 Å². The largest absolute Gasteiger partial charge is 0.481 e. The molecule has 0 saturated heterocycles. The van der Waals surface area contributed by atoms with Crippen molar-refractivity contribution in [2.45, 2.75) is 11.6 Å². The molecule has 0 saturated carbocycles. The molecule has 0 radical (unpaired) electrons. The predicted molar refractivity (Wildman–Crippen MR) is 70.0 cm³/mol. The fourth-order valence-corrected chi connectivity index (χ4v) is 2.46. The Labute approximate surface area is 107 Å². The second-order valence-corrected chi connectivity index (χ2v) is 4.83. The third-order valence-electron chi connectivity index (χ3n) is 2.49. The monoisotopic (exact) mass is 264 g/mol. The summed E-state index contributed by atoms with van der Waals surface area (Å²) in [5, 5.41) is 9.70. The summed E-state index contributed by atoms with van der Waals surface area (Å²) in [5.41, 5.74) is 0.525. The Kier molecular flexibility index (Phi) is 3.66. The van der Waals surface area contributed by atoms with E-state index in [9.17, 15) is 9.59 Å². The number of benzene rings is 1. The van der Waals surface area contributed by atoms with Crippen molar-refractivity contribution in [2.75, 3.05) is 5.75 Å². The summed E-state index contributed by atoms with van der Waals surface area (Å²) >= 11 is 1.28. The van der Waals surface area contributed by atoms with Crippen molar-refractivity contribution in [1.29, 1.82) is 0 Å². The van der Waals surface area contributed by atoms with Crippen molar-refractivity contribution in [3.05, 3.63) is 34.6 Å². The van der Waals surface area contributed by atoms with E-state index in [0.29, 0.717) is 21.8 Å². The van der Waals surface area contributed by atoms with Crippen LogP contribution in [0.3, 0.4) is 0 Å². The van der Waals surface area contributed by atoms with E-state index in [1.807, 2.05) is 6.07 Å². The van der Waals surface area contributed by atoms with Crippen LogP contribution in [0.2, 0.25) is 0 Å². The zero-order chi connectivity index (χ0) is 13.1. The Morgan fingerprint density at radius 2 is 2.17 bits per heavy atom. The summed E-state index contributed by atoms with van der Waals surface area (Å²) in [6.45, 7) is 0. The van der Waals surface area contributed by atoms with Gasteiger partial charge in [-0.2, -0.15) is 0 Å². The van der Waals surface area contributed by atoms with Crippen LogP contribution in [-0.4, -0.2) is 26.4 Å². The Balaban J connectivity index is 2.36. The summed E-state index contributed by atoms with van der Waals surface area (Å²) in [6, 6.07) is 7.12. The Hall–Kier alpha value is -1.82. The molecule has 0 spiro atoms. The summed E-state index contributed by atoms with van der Waals surface area (Å²) in [4.78, 5) is 26.9. The number of aliphatic carboxylic acids is 1. The number of thioether (sulfide) groups is 1. The van der Waals surface area contributed by atoms with E-state index < -0.39 is 5.97 Å². The minimum absolute atomic E-state index is 0.0490. The molecule has 0 aliphatic rings. The SMILES string of the molecule is Cn1c(SCCC(=O)O)nc2ccccc2c1=O. The molecule has 1 heterocycles. The van der Waals surface area contributed by atoms with Crippen LogP contribution >= 0.6 is 11.8 Å². The maximum atomic E-state index is 12.0. The predicted octanol–water partition coefficient (Wildman–Crippen LogP) is 1.50. The van der Waals surface area contributed by atoms with Crippen LogP contribution in [0.4, 0.5) is 0 Å². The average Bonchev–Trinajstić information content (AvgIpc) is 2.35. The number of hydrogen-bond acceptors (Lipinski definition) is 4. The number of aromatic nitrogens is 2. The highest BCUT2D eigenvalue weighted by molar-refractivity contribution is 7.99. The molecule has 1 aromatic heterocycles. The molecule has 1 N–H and O–H groups in total. The zero-order valence-electron chi connectivity index (χ0n) is 9.79. The molecule has 0 amide bonds. The van der Waals surface area contributed by atoms with Gasteiger partial charge in [0.15, 0.2) is 5.16 Å². The van der Waals surface area contributed by atoms with Gasteiger partial charge in [-0.25, -0.2) is 4.98 Å². The lowest BCUT2D eigenvalue weighted by Gasteiger charge is -2.07. The summed E-state index contributed by atoms with van der Waals surface area (Å²) in [7, 11) is 1.64. The Morgan fingerprint density at radius 3 is 2.89 bits per heavy atom. The smallest absolute Gasteiger partial charge is 0.304 e. The zero-order valence-corrected chi connectivity index (χ0v) is 10.6. The van der Waals surface area contributed by atoms with Crippen LogP contribution in [-0.2, 0) is 11.8 Å². The van der Waals surface area contributed by atoms with Gasteiger partial charge in [-0.1, -0.05) is 23.9 Å². The molecule has 2 aromatic rings. The normalized spacial score (nSPS) is 10.7. The van der Waals surface area contributed by atoms with Crippen molar-refractivity contribution in [1.82, 2.24) is 9.55 Å². The summed E-state index contributed by atoms with van der Waals surface area (Å²) in [5.74, 6) is -0.457. The third-order valence-corrected chi connectivity index (χ3v) is 3.52. The quantitative estimate of drug-likeness (QED) is 0.669. The van der Waals surface area contributed by atoms with Gasteiger partial charge in [-0.15, -0.1) is 0 Å². The topological polar surface area (TPSA) is 72.2 Å². The van der Waals surface area contributed by atoms with Crippen molar-refractivity contribution in [3.8, 4) is 0 Å². The molecule has 94 valence electrons. The van der Waals surface area contributed by atoms with Gasteiger partial charge < -0.3 is 5.11 Å².